The molecule has 17 heavy (non-hydrogen) atoms. The predicted octanol–water partition coefficient (Wildman–Crippen LogP) is 5.59. The molecule has 1 aliphatic rings. The van der Waals surface area contributed by atoms with Gasteiger partial charge in [-0.2, -0.15) is 0 Å². The molecule has 0 N–H and O–H groups in total. The van der Waals surface area contributed by atoms with Gasteiger partial charge in [0.1, 0.15) is 0 Å². The summed E-state index contributed by atoms with van der Waals surface area (Å²) in [5.74, 6) is 0. The van der Waals surface area contributed by atoms with Crippen LogP contribution in [0.2, 0.25) is 0 Å². The van der Waals surface area contributed by atoms with E-state index in [0.717, 1.165) is 0 Å². The molecule has 0 aliphatic heterocycles. The smallest absolute Gasteiger partial charge is 0.0104 e. The highest BCUT2D eigenvalue weighted by atomic mass is 14.3. The lowest BCUT2D eigenvalue weighted by Crippen LogP contribution is -2.19. The number of hydrogen-bond acceptors (Lipinski definition) is 0. The van der Waals surface area contributed by atoms with E-state index in [9.17, 15) is 0 Å². The van der Waals surface area contributed by atoms with E-state index in [1.807, 2.05) is 6.92 Å². The molecular weight excluding hydrogens is 204 g/mol. The maximum absolute atomic E-state index is 2.36. The summed E-state index contributed by atoms with van der Waals surface area (Å²) in [4.78, 5) is 0. The molecule has 0 atom stereocenters. The fourth-order valence-corrected chi connectivity index (χ4v) is 2.53. The summed E-state index contributed by atoms with van der Waals surface area (Å²) in [6.45, 7) is 11.2. The molecule has 94 valence electrons. The summed E-state index contributed by atoms with van der Waals surface area (Å²) in [6, 6.07) is 0. The van der Waals surface area contributed by atoms with Crippen molar-refractivity contribution < 1.29 is 0 Å². The van der Waals surface area contributed by atoms with Crippen molar-refractivity contribution in [2.24, 2.45) is 5.41 Å². The van der Waals surface area contributed by atoms with E-state index in [2.05, 4.69) is 58.1 Å². The Kier molecular flexibility index (Phi) is 4.99. The third-order valence-corrected chi connectivity index (χ3v) is 3.61. The number of allylic oxidation sites excluding steroid dienone is 8. The fraction of sp³-hybridized carbons (Fsp3) is 0.529. The van der Waals surface area contributed by atoms with Crippen LogP contribution in [0, 0.1) is 5.41 Å². The van der Waals surface area contributed by atoms with Crippen LogP contribution in [0.3, 0.4) is 0 Å². The van der Waals surface area contributed by atoms with E-state index < -0.39 is 0 Å². The SMILES string of the molecule is C/C=C/C=C(C)/C=C/C1=C(C)CCCC1(C)C. The summed E-state index contributed by atoms with van der Waals surface area (Å²) < 4.78 is 0. The monoisotopic (exact) mass is 230 g/mol. The zero-order valence-corrected chi connectivity index (χ0v) is 12.0. The Morgan fingerprint density at radius 3 is 2.59 bits per heavy atom. The molecule has 0 unspecified atom stereocenters. The second kappa shape index (κ2) is 6.05. The van der Waals surface area contributed by atoms with Crippen molar-refractivity contribution in [1.29, 1.82) is 0 Å². The van der Waals surface area contributed by atoms with Crippen molar-refractivity contribution in [1.82, 2.24) is 0 Å². The molecule has 0 spiro atoms. The zero-order valence-electron chi connectivity index (χ0n) is 12.0. The summed E-state index contributed by atoms with van der Waals surface area (Å²) in [5.41, 5.74) is 4.76. The lowest BCUT2D eigenvalue weighted by atomic mass is 9.72. The molecule has 0 radical (unpaired) electrons. The van der Waals surface area contributed by atoms with Gasteiger partial charge in [-0.1, -0.05) is 55.4 Å². The van der Waals surface area contributed by atoms with Gasteiger partial charge in [-0.3, -0.25) is 0 Å². The highest BCUT2D eigenvalue weighted by Crippen LogP contribution is 2.40. The third kappa shape index (κ3) is 4.03. The van der Waals surface area contributed by atoms with E-state index in [4.69, 9.17) is 0 Å². The average Bonchev–Trinajstić information content (AvgIpc) is 2.24. The van der Waals surface area contributed by atoms with Crippen molar-refractivity contribution in [2.45, 2.75) is 53.9 Å². The van der Waals surface area contributed by atoms with Gasteiger partial charge in [0, 0.05) is 0 Å². The van der Waals surface area contributed by atoms with E-state index in [1.54, 1.807) is 5.57 Å². The first-order chi connectivity index (χ1) is 7.97. The maximum atomic E-state index is 2.36. The predicted molar refractivity (Wildman–Crippen MR) is 78.0 cm³/mol. The Morgan fingerprint density at radius 1 is 1.29 bits per heavy atom. The van der Waals surface area contributed by atoms with E-state index >= 15 is 0 Å². The van der Waals surface area contributed by atoms with Crippen LogP contribution in [0.25, 0.3) is 0 Å². The van der Waals surface area contributed by atoms with Crippen LogP contribution in [0.1, 0.15) is 53.9 Å². The van der Waals surface area contributed by atoms with E-state index in [0.29, 0.717) is 5.41 Å². The first kappa shape index (κ1) is 14.0. The summed E-state index contributed by atoms with van der Waals surface area (Å²) in [6.07, 6.45) is 14.8. The van der Waals surface area contributed by atoms with Crippen LogP contribution >= 0.6 is 0 Å². The first-order valence-electron chi connectivity index (χ1n) is 6.65. The van der Waals surface area contributed by atoms with Gasteiger partial charge in [-0.25, -0.2) is 0 Å². The van der Waals surface area contributed by atoms with E-state index in [-0.39, 0.29) is 0 Å². The molecule has 0 bridgehead atoms. The molecule has 0 aromatic heterocycles. The molecular formula is C17H26. The molecule has 0 saturated carbocycles. The highest BCUT2D eigenvalue weighted by molar-refractivity contribution is 5.36. The van der Waals surface area contributed by atoms with Crippen LogP contribution in [0.5, 0.6) is 0 Å². The maximum Gasteiger partial charge on any atom is -0.0104 e. The van der Waals surface area contributed by atoms with Crippen LogP contribution in [-0.4, -0.2) is 0 Å². The quantitative estimate of drug-likeness (QED) is 0.554. The van der Waals surface area contributed by atoms with Crippen LogP contribution in [-0.2, 0) is 0 Å². The topological polar surface area (TPSA) is 0 Å². The van der Waals surface area contributed by atoms with E-state index in [1.165, 1.54) is 30.4 Å². The third-order valence-electron chi connectivity index (χ3n) is 3.61. The van der Waals surface area contributed by atoms with Gasteiger partial charge in [0.05, 0.1) is 0 Å². The molecule has 0 fully saturated rings. The van der Waals surface area contributed by atoms with Gasteiger partial charge >= 0.3 is 0 Å². The van der Waals surface area contributed by atoms with Gasteiger partial charge in [-0.15, -0.1) is 0 Å². The fourth-order valence-electron chi connectivity index (χ4n) is 2.53. The minimum Gasteiger partial charge on any atom is -0.0877 e. The zero-order chi connectivity index (χ0) is 12.9. The minimum atomic E-state index is 0.347. The van der Waals surface area contributed by atoms with Crippen molar-refractivity contribution in [2.75, 3.05) is 0 Å². The molecule has 0 amide bonds. The normalized spacial score (nSPS) is 21.8. The molecule has 1 rings (SSSR count). The standard InChI is InChI=1S/C17H26/c1-6-7-9-14(2)11-12-16-15(3)10-8-13-17(16,4)5/h6-7,9,11-12H,8,10,13H2,1-5H3/b7-6+,12-11+,14-9+. The minimum absolute atomic E-state index is 0.347. The summed E-state index contributed by atoms with van der Waals surface area (Å²) in [7, 11) is 0. The Morgan fingerprint density at radius 2 is 2.00 bits per heavy atom. The lowest BCUT2D eigenvalue weighted by molar-refractivity contribution is 0.377. The Hall–Kier alpha value is -1.04. The van der Waals surface area contributed by atoms with Crippen LogP contribution < -0.4 is 0 Å². The summed E-state index contributed by atoms with van der Waals surface area (Å²) >= 11 is 0. The van der Waals surface area contributed by atoms with Gasteiger partial charge in [0.15, 0.2) is 0 Å². The van der Waals surface area contributed by atoms with Crippen molar-refractivity contribution >= 4 is 0 Å². The molecule has 0 nitrogen and oxygen atoms in total. The number of hydrogen-bond donors (Lipinski definition) is 0. The molecule has 0 saturated heterocycles. The Balaban J connectivity index is 2.89. The Bertz CT molecular complexity index is 373. The van der Waals surface area contributed by atoms with Crippen LogP contribution in [0.15, 0.2) is 47.1 Å². The van der Waals surface area contributed by atoms with Crippen molar-refractivity contribution in [3.8, 4) is 0 Å². The summed E-state index contributed by atoms with van der Waals surface area (Å²) in [5, 5.41) is 0. The first-order valence-corrected chi connectivity index (χ1v) is 6.65. The number of rotatable bonds is 3. The second-order valence-corrected chi connectivity index (χ2v) is 5.70. The second-order valence-electron chi connectivity index (χ2n) is 5.70. The molecule has 1 aliphatic carbocycles. The van der Waals surface area contributed by atoms with Gasteiger partial charge in [0.25, 0.3) is 0 Å². The van der Waals surface area contributed by atoms with Crippen LogP contribution in [0.4, 0.5) is 0 Å². The Labute approximate surface area is 107 Å². The van der Waals surface area contributed by atoms with Gasteiger partial charge in [0.2, 0.25) is 0 Å². The molecule has 0 heterocycles. The highest BCUT2D eigenvalue weighted by Gasteiger charge is 2.26. The molecule has 0 heteroatoms. The molecule has 0 aromatic carbocycles. The van der Waals surface area contributed by atoms with Crippen molar-refractivity contribution in [3.63, 3.8) is 0 Å². The van der Waals surface area contributed by atoms with Gasteiger partial charge < -0.3 is 0 Å². The van der Waals surface area contributed by atoms with Crippen molar-refractivity contribution in [3.05, 3.63) is 47.1 Å². The average molecular weight is 230 g/mol. The van der Waals surface area contributed by atoms with Gasteiger partial charge in [-0.05, 0) is 51.0 Å². The molecule has 0 aromatic rings. The largest absolute Gasteiger partial charge is 0.0877 e. The lowest BCUT2D eigenvalue weighted by Gasteiger charge is -2.32.